The lowest BCUT2D eigenvalue weighted by Crippen LogP contribution is -2.30. The van der Waals surface area contributed by atoms with E-state index in [-0.39, 0.29) is 11.4 Å². The van der Waals surface area contributed by atoms with Crippen molar-refractivity contribution < 1.29 is 14.1 Å². The molecule has 24 heavy (non-hydrogen) atoms. The van der Waals surface area contributed by atoms with Crippen LogP contribution in [0.2, 0.25) is 0 Å². The van der Waals surface area contributed by atoms with Crippen molar-refractivity contribution in [1.29, 1.82) is 5.26 Å². The maximum atomic E-state index is 14.1. The van der Waals surface area contributed by atoms with Gasteiger partial charge in [0.2, 0.25) is 5.82 Å². The van der Waals surface area contributed by atoms with Gasteiger partial charge in [0.15, 0.2) is 0 Å². The van der Waals surface area contributed by atoms with Gasteiger partial charge in [-0.2, -0.15) is 9.65 Å². The average molecular weight is 348 g/mol. The van der Waals surface area contributed by atoms with Crippen molar-refractivity contribution in [3.63, 3.8) is 0 Å². The molecule has 0 saturated carbocycles. The molecule has 0 radical (unpaired) electrons. The molecule has 0 amide bonds. The number of nitro benzene ring substituents is 1. The fourth-order valence-electron chi connectivity index (χ4n) is 2.85. The number of methoxy groups -OCH3 is 1. The number of nitro groups is 1. The molecule has 0 bridgehead atoms. The predicted molar refractivity (Wildman–Crippen MR) is 87.8 cm³/mol. The second-order valence-corrected chi connectivity index (χ2v) is 6.40. The molecule has 0 spiro atoms. The number of hydrogen-bond acceptors (Lipinski definition) is 7. The first-order valence-corrected chi connectivity index (χ1v) is 7.85. The SMILES string of the molecule is COc1cc(F)c([N+](=O)[O-])c(N2CCc3c(sc(N)c3C#N)C2)c1. The Morgan fingerprint density at radius 3 is 2.92 bits per heavy atom. The smallest absolute Gasteiger partial charge is 0.328 e. The number of nitrogen functional groups attached to an aromatic ring is 1. The van der Waals surface area contributed by atoms with Gasteiger partial charge in [0.25, 0.3) is 0 Å². The van der Waals surface area contributed by atoms with Crippen LogP contribution in [-0.4, -0.2) is 18.6 Å². The summed E-state index contributed by atoms with van der Waals surface area (Å²) in [5.41, 5.74) is 6.78. The van der Waals surface area contributed by atoms with E-state index in [0.717, 1.165) is 16.5 Å². The molecule has 0 aliphatic carbocycles. The molecule has 1 aromatic carbocycles. The van der Waals surface area contributed by atoms with E-state index >= 15 is 0 Å². The molecule has 1 aliphatic heterocycles. The third kappa shape index (κ3) is 2.51. The highest BCUT2D eigenvalue weighted by atomic mass is 32.1. The van der Waals surface area contributed by atoms with Crippen LogP contribution in [0.25, 0.3) is 0 Å². The molecule has 7 nitrogen and oxygen atoms in total. The van der Waals surface area contributed by atoms with Crippen LogP contribution in [0.1, 0.15) is 16.0 Å². The fraction of sp³-hybridized carbons (Fsp3) is 0.267. The molecule has 2 heterocycles. The van der Waals surface area contributed by atoms with Crippen molar-refractivity contribution in [3.8, 4) is 11.8 Å². The number of nitriles is 1. The number of nitrogens with two attached hydrogens (primary N) is 1. The van der Waals surface area contributed by atoms with E-state index in [2.05, 4.69) is 6.07 Å². The first-order chi connectivity index (χ1) is 11.5. The Balaban J connectivity index is 2.06. The first-order valence-electron chi connectivity index (χ1n) is 7.03. The van der Waals surface area contributed by atoms with Gasteiger partial charge in [0.1, 0.15) is 22.5 Å². The van der Waals surface area contributed by atoms with Crippen LogP contribution in [0.5, 0.6) is 5.75 Å². The first kappa shape index (κ1) is 16.0. The zero-order chi connectivity index (χ0) is 17.4. The Morgan fingerprint density at radius 1 is 1.54 bits per heavy atom. The molecule has 0 unspecified atom stereocenters. The number of rotatable bonds is 3. The summed E-state index contributed by atoms with van der Waals surface area (Å²) < 4.78 is 19.1. The summed E-state index contributed by atoms with van der Waals surface area (Å²) in [7, 11) is 1.37. The summed E-state index contributed by atoms with van der Waals surface area (Å²) in [4.78, 5) is 13.1. The van der Waals surface area contributed by atoms with Gasteiger partial charge in [-0.25, -0.2) is 0 Å². The van der Waals surface area contributed by atoms with Gasteiger partial charge in [-0.3, -0.25) is 10.1 Å². The number of benzene rings is 1. The van der Waals surface area contributed by atoms with Crippen molar-refractivity contribution in [2.24, 2.45) is 0 Å². The molecule has 3 rings (SSSR count). The Labute approximate surface area is 140 Å². The van der Waals surface area contributed by atoms with Crippen LogP contribution < -0.4 is 15.4 Å². The number of ether oxygens (including phenoxy) is 1. The van der Waals surface area contributed by atoms with Gasteiger partial charge in [0, 0.05) is 23.6 Å². The van der Waals surface area contributed by atoms with Crippen molar-refractivity contribution in [2.75, 3.05) is 24.3 Å². The molecule has 9 heteroatoms. The molecule has 0 fully saturated rings. The number of halogens is 1. The quantitative estimate of drug-likeness (QED) is 0.675. The number of anilines is 2. The Hall–Kier alpha value is -2.86. The van der Waals surface area contributed by atoms with E-state index in [1.165, 1.54) is 24.5 Å². The van der Waals surface area contributed by atoms with Crippen LogP contribution in [0, 0.1) is 27.3 Å². The molecule has 124 valence electrons. The Kier molecular flexibility index (Phi) is 3.99. The second kappa shape index (κ2) is 5.98. The van der Waals surface area contributed by atoms with E-state index in [4.69, 9.17) is 10.5 Å². The normalized spacial score (nSPS) is 13.3. The maximum absolute atomic E-state index is 14.1. The summed E-state index contributed by atoms with van der Waals surface area (Å²) in [5.74, 6) is -0.731. The lowest BCUT2D eigenvalue weighted by atomic mass is 10.0. The van der Waals surface area contributed by atoms with E-state index < -0.39 is 16.4 Å². The standard InChI is InChI=1S/C15H13FN4O3S/c1-23-8-4-11(16)14(20(21)22)12(5-8)19-3-2-9-10(6-17)15(18)24-13(9)7-19/h4-5H,2-3,7,18H2,1H3. The van der Waals surface area contributed by atoms with Crippen molar-refractivity contribution >= 4 is 27.7 Å². The molecule has 2 aromatic rings. The van der Waals surface area contributed by atoms with Gasteiger partial charge in [-0.1, -0.05) is 0 Å². The second-order valence-electron chi connectivity index (χ2n) is 5.26. The highest BCUT2D eigenvalue weighted by Crippen LogP contribution is 2.40. The van der Waals surface area contributed by atoms with Gasteiger partial charge < -0.3 is 15.4 Å². The molecule has 0 saturated heterocycles. The summed E-state index contributed by atoms with van der Waals surface area (Å²) in [6, 6.07) is 4.54. The summed E-state index contributed by atoms with van der Waals surface area (Å²) in [5, 5.41) is 20.9. The fourth-order valence-corrected chi connectivity index (χ4v) is 3.94. The van der Waals surface area contributed by atoms with Gasteiger partial charge in [-0.05, 0) is 12.0 Å². The predicted octanol–water partition coefficient (Wildman–Crippen LogP) is 2.82. The molecular weight excluding hydrogens is 335 g/mol. The Bertz CT molecular complexity index is 875. The van der Waals surface area contributed by atoms with Crippen molar-refractivity contribution in [3.05, 3.63) is 44.1 Å². The molecule has 0 atom stereocenters. The number of nitrogens with zero attached hydrogens (tertiary/aromatic N) is 3. The highest BCUT2D eigenvalue weighted by Gasteiger charge is 2.30. The largest absolute Gasteiger partial charge is 0.497 e. The highest BCUT2D eigenvalue weighted by molar-refractivity contribution is 7.16. The molecule has 1 aliphatic rings. The third-order valence-corrected chi connectivity index (χ3v) is 5.02. The summed E-state index contributed by atoms with van der Waals surface area (Å²) in [6.45, 7) is 0.755. The lowest BCUT2D eigenvalue weighted by Gasteiger charge is -2.28. The molecule has 2 N–H and O–H groups in total. The van der Waals surface area contributed by atoms with Crippen LogP contribution in [-0.2, 0) is 13.0 Å². The molecule has 1 aromatic heterocycles. The number of fused-ring (bicyclic) bond motifs is 1. The average Bonchev–Trinajstić information content (AvgIpc) is 2.87. The monoisotopic (exact) mass is 348 g/mol. The maximum Gasteiger partial charge on any atom is 0.328 e. The third-order valence-electron chi connectivity index (χ3n) is 3.97. The lowest BCUT2D eigenvalue weighted by molar-refractivity contribution is -0.386. The zero-order valence-electron chi connectivity index (χ0n) is 12.7. The summed E-state index contributed by atoms with van der Waals surface area (Å²) in [6.07, 6.45) is 0.516. The van der Waals surface area contributed by atoms with Crippen LogP contribution in [0.15, 0.2) is 12.1 Å². The van der Waals surface area contributed by atoms with Crippen molar-refractivity contribution in [2.45, 2.75) is 13.0 Å². The minimum atomic E-state index is -0.941. The molecular formula is C15H13FN4O3S. The van der Waals surface area contributed by atoms with Gasteiger partial charge in [0.05, 0.1) is 24.1 Å². The van der Waals surface area contributed by atoms with Gasteiger partial charge >= 0.3 is 5.69 Å². The van der Waals surface area contributed by atoms with Crippen LogP contribution >= 0.6 is 11.3 Å². The van der Waals surface area contributed by atoms with Crippen molar-refractivity contribution in [1.82, 2.24) is 0 Å². The van der Waals surface area contributed by atoms with Gasteiger partial charge in [-0.15, -0.1) is 11.3 Å². The minimum absolute atomic E-state index is 0.160. The topological polar surface area (TPSA) is 105 Å². The van der Waals surface area contributed by atoms with E-state index in [1.807, 2.05) is 0 Å². The van der Waals surface area contributed by atoms with E-state index in [0.29, 0.717) is 30.1 Å². The minimum Gasteiger partial charge on any atom is -0.497 e. The number of hydrogen-bond donors (Lipinski definition) is 1. The zero-order valence-corrected chi connectivity index (χ0v) is 13.5. The van der Waals surface area contributed by atoms with E-state index in [1.54, 1.807) is 4.90 Å². The van der Waals surface area contributed by atoms with Crippen LogP contribution in [0.3, 0.4) is 0 Å². The Morgan fingerprint density at radius 2 is 2.29 bits per heavy atom. The summed E-state index contributed by atoms with van der Waals surface area (Å²) >= 11 is 1.29. The number of thiophene rings is 1. The van der Waals surface area contributed by atoms with E-state index in [9.17, 15) is 19.8 Å². The van der Waals surface area contributed by atoms with Crippen LogP contribution in [0.4, 0.5) is 20.8 Å².